The number of aliphatic hydroxyl groups is 1. The lowest BCUT2D eigenvalue weighted by molar-refractivity contribution is -0.137. The van der Waals surface area contributed by atoms with E-state index in [1.807, 2.05) is 20.8 Å². The van der Waals surface area contributed by atoms with Crippen molar-refractivity contribution in [3.8, 4) is 0 Å². The van der Waals surface area contributed by atoms with Crippen molar-refractivity contribution in [2.24, 2.45) is 11.7 Å². The number of carbonyl (C=O) groups excluding carboxylic acids is 1. The Morgan fingerprint density at radius 2 is 1.87 bits per heavy atom. The van der Waals surface area contributed by atoms with Crippen LogP contribution in [0.15, 0.2) is 0 Å². The van der Waals surface area contributed by atoms with Gasteiger partial charge >= 0.3 is 0 Å². The van der Waals surface area contributed by atoms with Crippen molar-refractivity contribution in [1.82, 2.24) is 4.90 Å². The number of hydrogen-bond donors (Lipinski definition) is 2. The summed E-state index contributed by atoms with van der Waals surface area (Å²) in [6.07, 6.45) is 1.28. The molecule has 1 atom stereocenters. The summed E-state index contributed by atoms with van der Waals surface area (Å²) in [5, 5.41) is 9.75. The molecular weight excluding hydrogens is 192 g/mol. The fraction of sp³-hybridized carbons (Fsp3) is 0.909. The van der Waals surface area contributed by atoms with Crippen LogP contribution in [0.25, 0.3) is 0 Å². The first-order chi connectivity index (χ1) is 6.83. The van der Waals surface area contributed by atoms with E-state index in [9.17, 15) is 9.90 Å². The second-order valence-corrected chi connectivity index (χ2v) is 5.09. The molecule has 0 radical (unpaired) electrons. The maximum atomic E-state index is 11.9. The second-order valence-electron chi connectivity index (χ2n) is 5.09. The lowest BCUT2D eigenvalue weighted by atomic mass is 9.93. The van der Waals surface area contributed by atoms with Crippen molar-refractivity contribution < 1.29 is 9.90 Å². The quantitative estimate of drug-likeness (QED) is 0.696. The summed E-state index contributed by atoms with van der Waals surface area (Å²) in [5.74, 6) is 0.181. The molecule has 1 amide bonds. The molecule has 0 saturated carbocycles. The minimum absolute atomic E-state index is 0.0144. The van der Waals surface area contributed by atoms with Gasteiger partial charge < -0.3 is 15.7 Å². The number of nitrogens with zero attached hydrogens (tertiary/aromatic N) is 1. The summed E-state index contributed by atoms with van der Waals surface area (Å²) in [4.78, 5) is 13.6. The topological polar surface area (TPSA) is 66.6 Å². The van der Waals surface area contributed by atoms with Crippen molar-refractivity contribution in [3.05, 3.63) is 0 Å². The van der Waals surface area contributed by atoms with E-state index >= 15 is 0 Å². The normalized spacial score (nSPS) is 22.9. The molecule has 0 aromatic heterocycles. The zero-order valence-electron chi connectivity index (χ0n) is 9.86. The number of hydrogen-bond acceptors (Lipinski definition) is 3. The van der Waals surface area contributed by atoms with Gasteiger partial charge in [0.1, 0.15) is 0 Å². The average molecular weight is 214 g/mol. The van der Waals surface area contributed by atoms with Crippen molar-refractivity contribution in [2.45, 2.75) is 45.3 Å². The van der Waals surface area contributed by atoms with Crippen molar-refractivity contribution in [2.75, 3.05) is 13.1 Å². The Morgan fingerprint density at radius 3 is 2.27 bits per heavy atom. The summed E-state index contributed by atoms with van der Waals surface area (Å²) in [6, 6.07) is -0.409. The molecule has 1 rings (SSSR count). The molecule has 0 bridgehead atoms. The third kappa shape index (κ3) is 3.18. The predicted octanol–water partition coefficient (Wildman–Crippen LogP) is 0.343. The minimum Gasteiger partial charge on any atom is -0.390 e. The molecule has 1 unspecified atom stereocenters. The highest BCUT2D eigenvalue weighted by Gasteiger charge is 2.32. The lowest BCUT2D eigenvalue weighted by Gasteiger charge is -2.37. The molecule has 1 heterocycles. The van der Waals surface area contributed by atoms with Crippen molar-refractivity contribution in [1.29, 1.82) is 0 Å². The van der Waals surface area contributed by atoms with Gasteiger partial charge in [-0.25, -0.2) is 0 Å². The van der Waals surface area contributed by atoms with Gasteiger partial charge in [-0.05, 0) is 25.7 Å². The summed E-state index contributed by atoms with van der Waals surface area (Å²) in [7, 11) is 0. The fourth-order valence-electron chi connectivity index (χ4n) is 1.70. The Morgan fingerprint density at radius 1 is 1.40 bits per heavy atom. The zero-order valence-corrected chi connectivity index (χ0v) is 9.86. The Kier molecular flexibility index (Phi) is 3.73. The van der Waals surface area contributed by atoms with E-state index in [1.165, 1.54) is 0 Å². The van der Waals surface area contributed by atoms with Crippen LogP contribution in [0.4, 0.5) is 0 Å². The highest BCUT2D eigenvalue weighted by atomic mass is 16.3. The summed E-state index contributed by atoms with van der Waals surface area (Å²) >= 11 is 0. The smallest absolute Gasteiger partial charge is 0.239 e. The molecule has 4 heteroatoms. The number of nitrogens with two attached hydrogens (primary N) is 1. The summed E-state index contributed by atoms with van der Waals surface area (Å²) in [5.41, 5.74) is 5.19. The summed E-state index contributed by atoms with van der Waals surface area (Å²) < 4.78 is 0. The molecule has 1 aliphatic heterocycles. The van der Waals surface area contributed by atoms with Gasteiger partial charge in [0.05, 0.1) is 11.6 Å². The van der Waals surface area contributed by atoms with Crippen LogP contribution in [0.1, 0.15) is 33.6 Å². The number of amides is 1. The maximum Gasteiger partial charge on any atom is 0.239 e. The van der Waals surface area contributed by atoms with E-state index in [1.54, 1.807) is 4.90 Å². The molecule has 15 heavy (non-hydrogen) atoms. The van der Waals surface area contributed by atoms with E-state index in [4.69, 9.17) is 5.73 Å². The molecule has 0 aliphatic carbocycles. The Labute approximate surface area is 91.4 Å². The molecule has 1 fully saturated rings. The Bertz CT molecular complexity index is 229. The molecular formula is C11H22N2O2. The molecule has 3 N–H and O–H groups in total. The molecule has 1 aliphatic rings. The first-order valence-corrected chi connectivity index (χ1v) is 5.60. The Balaban J connectivity index is 2.50. The average Bonchev–Trinajstić information content (AvgIpc) is 2.15. The molecule has 1 saturated heterocycles. The molecule has 0 aromatic carbocycles. The van der Waals surface area contributed by atoms with Gasteiger partial charge in [0.25, 0.3) is 0 Å². The number of likely N-dealkylation sites (tertiary alicyclic amines) is 1. The van der Waals surface area contributed by atoms with Gasteiger partial charge in [0.15, 0.2) is 0 Å². The molecule has 88 valence electrons. The van der Waals surface area contributed by atoms with Crippen LogP contribution >= 0.6 is 0 Å². The van der Waals surface area contributed by atoms with Crippen LogP contribution in [-0.4, -0.2) is 40.6 Å². The number of rotatable bonds is 2. The standard InChI is InChI=1S/C11H22N2O2/c1-8(2)9(12)10(14)13-6-4-11(3,15)5-7-13/h8-9,15H,4-7,12H2,1-3H3. The predicted molar refractivity (Wildman–Crippen MR) is 59.3 cm³/mol. The summed E-state index contributed by atoms with van der Waals surface area (Å²) in [6.45, 7) is 6.95. The first kappa shape index (κ1) is 12.5. The van der Waals surface area contributed by atoms with Crippen LogP contribution in [0.5, 0.6) is 0 Å². The minimum atomic E-state index is -0.612. The third-order valence-corrected chi connectivity index (χ3v) is 3.16. The highest BCUT2D eigenvalue weighted by Crippen LogP contribution is 2.21. The Hall–Kier alpha value is -0.610. The van der Waals surface area contributed by atoms with E-state index in [-0.39, 0.29) is 11.8 Å². The zero-order chi connectivity index (χ0) is 11.6. The van der Waals surface area contributed by atoms with Gasteiger partial charge in [-0.15, -0.1) is 0 Å². The molecule has 4 nitrogen and oxygen atoms in total. The van der Waals surface area contributed by atoms with Crippen LogP contribution in [-0.2, 0) is 4.79 Å². The van der Waals surface area contributed by atoms with Gasteiger partial charge in [0.2, 0.25) is 5.91 Å². The number of carbonyl (C=O) groups is 1. The van der Waals surface area contributed by atoms with E-state index in [2.05, 4.69) is 0 Å². The largest absolute Gasteiger partial charge is 0.390 e. The van der Waals surface area contributed by atoms with Gasteiger partial charge in [0, 0.05) is 13.1 Å². The van der Waals surface area contributed by atoms with Crippen LogP contribution in [0.2, 0.25) is 0 Å². The van der Waals surface area contributed by atoms with Gasteiger partial charge in [-0.3, -0.25) is 4.79 Å². The highest BCUT2D eigenvalue weighted by molar-refractivity contribution is 5.82. The van der Waals surface area contributed by atoms with E-state index in [0.29, 0.717) is 25.9 Å². The number of piperidine rings is 1. The molecule has 0 aromatic rings. The van der Waals surface area contributed by atoms with Crippen LogP contribution < -0.4 is 5.73 Å². The molecule has 0 spiro atoms. The second kappa shape index (κ2) is 4.49. The lowest BCUT2D eigenvalue weighted by Crippen LogP contribution is -2.52. The third-order valence-electron chi connectivity index (χ3n) is 3.16. The van der Waals surface area contributed by atoms with Gasteiger partial charge in [-0.1, -0.05) is 13.8 Å². The van der Waals surface area contributed by atoms with E-state index < -0.39 is 11.6 Å². The maximum absolute atomic E-state index is 11.9. The van der Waals surface area contributed by atoms with Crippen LogP contribution in [0.3, 0.4) is 0 Å². The first-order valence-electron chi connectivity index (χ1n) is 5.60. The monoisotopic (exact) mass is 214 g/mol. The van der Waals surface area contributed by atoms with Crippen molar-refractivity contribution in [3.63, 3.8) is 0 Å². The SMILES string of the molecule is CC(C)C(N)C(=O)N1CCC(C)(O)CC1. The van der Waals surface area contributed by atoms with Crippen molar-refractivity contribution >= 4 is 5.91 Å². The fourth-order valence-corrected chi connectivity index (χ4v) is 1.70. The van der Waals surface area contributed by atoms with Gasteiger partial charge in [-0.2, -0.15) is 0 Å². The van der Waals surface area contributed by atoms with E-state index in [0.717, 1.165) is 0 Å². The van der Waals surface area contributed by atoms with Crippen LogP contribution in [0, 0.1) is 5.92 Å².